The molecule has 5 heteroatoms. The molecule has 1 unspecified atom stereocenters. The molecular formula is C12H21N3OS. The summed E-state index contributed by atoms with van der Waals surface area (Å²) in [5, 5.41) is 1.09. The molecule has 4 nitrogen and oxygen atoms in total. The van der Waals surface area contributed by atoms with Gasteiger partial charge in [-0.2, -0.15) is 0 Å². The van der Waals surface area contributed by atoms with Crippen molar-refractivity contribution in [3.63, 3.8) is 0 Å². The summed E-state index contributed by atoms with van der Waals surface area (Å²) in [4.78, 5) is 7.91. The Balaban J connectivity index is 1.92. The van der Waals surface area contributed by atoms with Crippen LogP contribution in [0.5, 0.6) is 0 Å². The predicted molar refractivity (Wildman–Crippen MR) is 71.5 cm³/mol. The van der Waals surface area contributed by atoms with E-state index in [4.69, 9.17) is 10.5 Å². The molecule has 2 heterocycles. The minimum Gasteiger partial charge on any atom is -0.376 e. The zero-order chi connectivity index (χ0) is 12.1. The lowest BCUT2D eigenvalue weighted by molar-refractivity contribution is 0.0440. The van der Waals surface area contributed by atoms with Crippen molar-refractivity contribution in [1.82, 2.24) is 4.98 Å². The molecule has 1 aliphatic rings. The van der Waals surface area contributed by atoms with E-state index < -0.39 is 0 Å². The average Bonchev–Trinajstić information content (AvgIpc) is 2.85. The highest BCUT2D eigenvalue weighted by Gasteiger charge is 2.22. The summed E-state index contributed by atoms with van der Waals surface area (Å²) < 4.78 is 5.83. The molecule has 1 fully saturated rings. The van der Waals surface area contributed by atoms with Crippen LogP contribution < -0.4 is 10.6 Å². The summed E-state index contributed by atoms with van der Waals surface area (Å²) in [5.74, 6) is 0. The van der Waals surface area contributed by atoms with Crippen molar-refractivity contribution in [3.8, 4) is 0 Å². The minimum atomic E-state index is 0.369. The highest BCUT2D eigenvalue weighted by molar-refractivity contribution is 7.15. The highest BCUT2D eigenvalue weighted by atomic mass is 32.1. The van der Waals surface area contributed by atoms with Crippen molar-refractivity contribution in [2.45, 2.75) is 38.8 Å². The molecule has 1 saturated heterocycles. The molecular weight excluding hydrogens is 234 g/mol. The Labute approximate surface area is 107 Å². The van der Waals surface area contributed by atoms with Gasteiger partial charge in [0.2, 0.25) is 0 Å². The van der Waals surface area contributed by atoms with Gasteiger partial charge in [-0.3, -0.25) is 0 Å². The van der Waals surface area contributed by atoms with Crippen LogP contribution in [0.1, 0.15) is 31.1 Å². The third-order valence-electron chi connectivity index (χ3n) is 2.95. The van der Waals surface area contributed by atoms with E-state index in [2.05, 4.69) is 16.8 Å². The van der Waals surface area contributed by atoms with Crippen LogP contribution in [-0.2, 0) is 11.3 Å². The fraction of sp³-hybridized carbons (Fsp3) is 0.750. The van der Waals surface area contributed by atoms with Crippen molar-refractivity contribution < 1.29 is 4.74 Å². The zero-order valence-corrected chi connectivity index (χ0v) is 11.2. The number of hydrogen-bond donors (Lipinski definition) is 1. The van der Waals surface area contributed by atoms with Crippen molar-refractivity contribution in [2.24, 2.45) is 5.73 Å². The summed E-state index contributed by atoms with van der Waals surface area (Å²) in [6, 6.07) is 0. The van der Waals surface area contributed by atoms with Gasteiger partial charge in [0.25, 0.3) is 0 Å². The first-order valence-electron chi connectivity index (χ1n) is 6.34. The standard InChI is InChI=1S/C12H21N3OS/c1-2-6-16-10-4-3-5-15(9-10)12-14-8-11(7-13)17-12/h8,10H,2-7,9,13H2,1H3. The Kier molecular flexibility index (Phi) is 4.76. The second-order valence-corrected chi connectivity index (χ2v) is 5.49. The van der Waals surface area contributed by atoms with Gasteiger partial charge in [0.15, 0.2) is 5.13 Å². The molecule has 1 aromatic rings. The maximum absolute atomic E-state index is 5.83. The van der Waals surface area contributed by atoms with Crippen molar-refractivity contribution in [1.29, 1.82) is 0 Å². The number of anilines is 1. The van der Waals surface area contributed by atoms with Gasteiger partial charge in [-0.25, -0.2) is 4.98 Å². The molecule has 1 atom stereocenters. The van der Waals surface area contributed by atoms with Crippen LogP contribution in [0, 0.1) is 0 Å². The van der Waals surface area contributed by atoms with Gasteiger partial charge in [-0.1, -0.05) is 6.92 Å². The number of nitrogens with zero attached hydrogens (tertiary/aromatic N) is 2. The van der Waals surface area contributed by atoms with E-state index in [-0.39, 0.29) is 0 Å². The van der Waals surface area contributed by atoms with Crippen LogP contribution in [-0.4, -0.2) is 30.8 Å². The molecule has 0 aromatic carbocycles. The Hall–Kier alpha value is -0.650. The second kappa shape index (κ2) is 6.33. The van der Waals surface area contributed by atoms with Gasteiger partial charge in [-0.05, 0) is 19.3 Å². The van der Waals surface area contributed by atoms with Crippen LogP contribution in [0.15, 0.2) is 6.20 Å². The number of hydrogen-bond acceptors (Lipinski definition) is 5. The van der Waals surface area contributed by atoms with E-state index in [1.165, 1.54) is 12.8 Å². The number of rotatable bonds is 5. The number of ether oxygens (including phenoxy) is 1. The molecule has 0 amide bonds. The number of aromatic nitrogens is 1. The lowest BCUT2D eigenvalue weighted by atomic mass is 10.1. The number of thiazole rings is 1. The molecule has 0 aliphatic carbocycles. The second-order valence-electron chi connectivity index (χ2n) is 4.39. The first kappa shape index (κ1) is 12.8. The monoisotopic (exact) mass is 255 g/mol. The maximum Gasteiger partial charge on any atom is 0.185 e. The van der Waals surface area contributed by atoms with Crippen LogP contribution >= 0.6 is 11.3 Å². The molecule has 0 bridgehead atoms. The van der Waals surface area contributed by atoms with Gasteiger partial charge >= 0.3 is 0 Å². The van der Waals surface area contributed by atoms with E-state index in [1.54, 1.807) is 11.3 Å². The molecule has 0 saturated carbocycles. The molecule has 96 valence electrons. The van der Waals surface area contributed by atoms with Crippen LogP contribution in [0.25, 0.3) is 0 Å². The Morgan fingerprint density at radius 2 is 2.53 bits per heavy atom. The molecule has 2 N–H and O–H groups in total. The minimum absolute atomic E-state index is 0.369. The lowest BCUT2D eigenvalue weighted by Crippen LogP contribution is -2.39. The molecule has 1 aromatic heterocycles. The first-order chi connectivity index (χ1) is 8.33. The largest absolute Gasteiger partial charge is 0.376 e. The first-order valence-corrected chi connectivity index (χ1v) is 7.16. The predicted octanol–water partition coefficient (Wildman–Crippen LogP) is 2.00. The summed E-state index contributed by atoms with van der Waals surface area (Å²) in [7, 11) is 0. The highest BCUT2D eigenvalue weighted by Crippen LogP contribution is 2.26. The molecule has 0 radical (unpaired) electrons. The zero-order valence-electron chi connectivity index (χ0n) is 10.4. The molecule has 17 heavy (non-hydrogen) atoms. The van der Waals surface area contributed by atoms with Gasteiger partial charge in [0, 0.05) is 37.3 Å². The van der Waals surface area contributed by atoms with E-state index in [1.807, 2.05) is 6.20 Å². The van der Waals surface area contributed by atoms with Gasteiger partial charge < -0.3 is 15.4 Å². The summed E-state index contributed by atoms with van der Waals surface area (Å²) in [5.41, 5.74) is 5.61. The molecule has 2 rings (SSSR count). The van der Waals surface area contributed by atoms with Crippen LogP contribution in [0.2, 0.25) is 0 Å². The van der Waals surface area contributed by atoms with Gasteiger partial charge in [-0.15, -0.1) is 11.3 Å². The van der Waals surface area contributed by atoms with Crippen LogP contribution in [0.3, 0.4) is 0 Å². The van der Waals surface area contributed by atoms with Crippen molar-refractivity contribution in [3.05, 3.63) is 11.1 Å². The summed E-state index contributed by atoms with van der Waals surface area (Å²) in [6.07, 6.45) is 5.70. The Bertz CT molecular complexity index is 342. The van der Waals surface area contributed by atoms with E-state index in [9.17, 15) is 0 Å². The van der Waals surface area contributed by atoms with E-state index in [0.29, 0.717) is 12.6 Å². The third-order valence-corrected chi connectivity index (χ3v) is 4.03. The fourth-order valence-corrected chi connectivity index (χ4v) is 2.89. The Morgan fingerprint density at radius 3 is 3.24 bits per heavy atom. The quantitative estimate of drug-likeness (QED) is 0.874. The fourth-order valence-electron chi connectivity index (χ4n) is 2.07. The van der Waals surface area contributed by atoms with Crippen LogP contribution in [0.4, 0.5) is 5.13 Å². The molecule has 1 aliphatic heterocycles. The summed E-state index contributed by atoms with van der Waals surface area (Å²) >= 11 is 1.70. The maximum atomic E-state index is 5.83. The normalized spacial score (nSPS) is 20.8. The topological polar surface area (TPSA) is 51.4 Å². The SMILES string of the molecule is CCCOC1CCCN(c2ncc(CN)s2)C1. The average molecular weight is 255 g/mol. The number of nitrogens with two attached hydrogens (primary N) is 1. The van der Waals surface area contributed by atoms with Crippen molar-refractivity contribution in [2.75, 3.05) is 24.6 Å². The van der Waals surface area contributed by atoms with Gasteiger partial charge in [0.05, 0.1) is 6.10 Å². The number of piperidine rings is 1. The van der Waals surface area contributed by atoms with Gasteiger partial charge in [0.1, 0.15) is 0 Å². The van der Waals surface area contributed by atoms with E-state index in [0.717, 1.165) is 36.1 Å². The lowest BCUT2D eigenvalue weighted by Gasteiger charge is -2.32. The smallest absolute Gasteiger partial charge is 0.185 e. The molecule has 0 spiro atoms. The third kappa shape index (κ3) is 3.40. The van der Waals surface area contributed by atoms with Crippen molar-refractivity contribution >= 4 is 16.5 Å². The van der Waals surface area contributed by atoms with E-state index >= 15 is 0 Å². The summed E-state index contributed by atoms with van der Waals surface area (Å²) in [6.45, 7) is 5.65. The Morgan fingerprint density at radius 1 is 1.65 bits per heavy atom.